The van der Waals surface area contributed by atoms with Crippen LogP contribution >= 0.6 is 11.6 Å². The number of halogens is 1. The van der Waals surface area contributed by atoms with E-state index in [4.69, 9.17) is 11.6 Å². The van der Waals surface area contributed by atoms with Gasteiger partial charge in [0.25, 0.3) is 0 Å². The van der Waals surface area contributed by atoms with Gasteiger partial charge in [0.05, 0.1) is 0 Å². The minimum Gasteiger partial charge on any atom is -0.313 e. The highest BCUT2D eigenvalue weighted by Gasteiger charge is 2.14. The smallest absolute Gasteiger partial charge is 0.0409 e. The maximum atomic E-state index is 6.04. The summed E-state index contributed by atoms with van der Waals surface area (Å²) in [6.45, 7) is 6.89. The fraction of sp³-hybridized carbons (Fsp3) is 0.600. The van der Waals surface area contributed by atoms with Crippen molar-refractivity contribution in [1.29, 1.82) is 0 Å². The molecule has 1 N–H and O–H groups in total. The largest absolute Gasteiger partial charge is 0.313 e. The van der Waals surface area contributed by atoms with Crippen LogP contribution in [0.15, 0.2) is 24.3 Å². The quantitative estimate of drug-likeness (QED) is 0.777. The number of benzene rings is 1. The average Bonchev–Trinajstić information content (AvgIpc) is 2.24. The first-order valence-corrected chi connectivity index (χ1v) is 6.83. The molecular weight excluding hydrogens is 230 g/mol. The molecule has 0 bridgehead atoms. The van der Waals surface area contributed by atoms with E-state index in [9.17, 15) is 0 Å². The van der Waals surface area contributed by atoms with Crippen LogP contribution in [0.5, 0.6) is 0 Å². The molecule has 0 heterocycles. The average molecular weight is 254 g/mol. The lowest BCUT2D eigenvalue weighted by Crippen LogP contribution is -2.19. The van der Waals surface area contributed by atoms with Gasteiger partial charge >= 0.3 is 0 Å². The van der Waals surface area contributed by atoms with Crippen molar-refractivity contribution in [3.63, 3.8) is 0 Å². The molecule has 2 atom stereocenters. The summed E-state index contributed by atoms with van der Waals surface area (Å²) in [5, 5.41) is 4.21. The van der Waals surface area contributed by atoms with Crippen LogP contribution in [0.2, 0.25) is 5.02 Å². The van der Waals surface area contributed by atoms with E-state index in [0.717, 1.165) is 23.3 Å². The summed E-state index contributed by atoms with van der Waals surface area (Å²) in [4.78, 5) is 0. The van der Waals surface area contributed by atoms with Gasteiger partial charge in [-0.25, -0.2) is 0 Å². The Hall–Kier alpha value is -0.530. The van der Waals surface area contributed by atoms with Crippen molar-refractivity contribution in [3.8, 4) is 0 Å². The zero-order valence-electron chi connectivity index (χ0n) is 11.3. The van der Waals surface area contributed by atoms with E-state index in [1.807, 2.05) is 19.2 Å². The normalized spacial score (nSPS) is 14.9. The molecule has 0 spiro atoms. The second-order valence-electron chi connectivity index (χ2n) is 5.37. The van der Waals surface area contributed by atoms with Gasteiger partial charge in [-0.15, -0.1) is 0 Å². The predicted molar refractivity (Wildman–Crippen MR) is 76.5 cm³/mol. The summed E-state index contributed by atoms with van der Waals surface area (Å²) in [7, 11) is 2.02. The maximum Gasteiger partial charge on any atom is 0.0409 e. The zero-order chi connectivity index (χ0) is 12.8. The third-order valence-corrected chi connectivity index (χ3v) is 3.35. The Bertz CT molecular complexity index is 335. The molecule has 1 rings (SSSR count). The third-order valence-electron chi connectivity index (χ3n) is 3.11. The molecule has 0 aromatic heterocycles. The topological polar surface area (TPSA) is 12.0 Å². The number of hydrogen-bond donors (Lipinski definition) is 1. The van der Waals surface area contributed by atoms with Crippen LogP contribution in [-0.2, 0) is 0 Å². The first-order chi connectivity index (χ1) is 8.02. The standard InChI is InChI=1S/C15H24ClN/c1-11(2)8-12(3)9-15(17-4)13-6-5-7-14(16)10-13/h5-7,10-12,15,17H,8-9H2,1-4H3. The summed E-state index contributed by atoms with van der Waals surface area (Å²) >= 11 is 6.04. The molecule has 0 saturated carbocycles. The Morgan fingerprint density at radius 1 is 1.18 bits per heavy atom. The van der Waals surface area contributed by atoms with Gasteiger partial charge in [0.2, 0.25) is 0 Å². The Kier molecular flexibility index (Phi) is 6.01. The first kappa shape index (κ1) is 14.5. The van der Waals surface area contributed by atoms with Gasteiger partial charge in [-0.05, 0) is 49.4 Å². The second-order valence-corrected chi connectivity index (χ2v) is 5.80. The molecule has 0 aliphatic heterocycles. The number of hydrogen-bond acceptors (Lipinski definition) is 1. The molecule has 17 heavy (non-hydrogen) atoms. The highest BCUT2D eigenvalue weighted by atomic mass is 35.5. The van der Waals surface area contributed by atoms with Crippen molar-refractivity contribution in [2.24, 2.45) is 11.8 Å². The van der Waals surface area contributed by atoms with Crippen LogP contribution in [0, 0.1) is 11.8 Å². The lowest BCUT2D eigenvalue weighted by Gasteiger charge is -2.22. The van der Waals surface area contributed by atoms with Crippen molar-refractivity contribution < 1.29 is 0 Å². The van der Waals surface area contributed by atoms with E-state index in [1.54, 1.807) is 0 Å². The van der Waals surface area contributed by atoms with Crippen molar-refractivity contribution in [2.45, 2.75) is 39.7 Å². The molecular formula is C15H24ClN. The van der Waals surface area contributed by atoms with Crippen LogP contribution < -0.4 is 5.32 Å². The monoisotopic (exact) mass is 253 g/mol. The third kappa shape index (κ3) is 5.10. The van der Waals surface area contributed by atoms with Crippen molar-refractivity contribution in [3.05, 3.63) is 34.9 Å². The molecule has 1 aromatic rings. The SMILES string of the molecule is CNC(CC(C)CC(C)C)c1cccc(Cl)c1. The molecule has 0 amide bonds. The van der Waals surface area contributed by atoms with Crippen LogP contribution in [0.4, 0.5) is 0 Å². The molecule has 0 saturated heterocycles. The van der Waals surface area contributed by atoms with E-state index in [1.165, 1.54) is 12.0 Å². The molecule has 0 radical (unpaired) electrons. The molecule has 0 aliphatic carbocycles. The maximum absolute atomic E-state index is 6.04. The summed E-state index contributed by atoms with van der Waals surface area (Å²) < 4.78 is 0. The Morgan fingerprint density at radius 3 is 2.41 bits per heavy atom. The minimum absolute atomic E-state index is 0.405. The van der Waals surface area contributed by atoms with Gasteiger partial charge in [0, 0.05) is 11.1 Å². The molecule has 0 aliphatic rings. The summed E-state index contributed by atoms with van der Waals surface area (Å²) in [5.74, 6) is 1.49. The van der Waals surface area contributed by atoms with E-state index in [0.29, 0.717) is 6.04 Å². The predicted octanol–water partition coefficient (Wildman–Crippen LogP) is 4.67. The van der Waals surface area contributed by atoms with Gasteiger partial charge in [0.15, 0.2) is 0 Å². The fourth-order valence-corrected chi connectivity index (χ4v) is 2.65. The van der Waals surface area contributed by atoms with Gasteiger partial charge in [0.1, 0.15) is 0 Å². The molecule has 0 fully saturated rings. The van der Waals surface area contributed by atoms with Crippen LogP contribution in [-0.4, -0.2) is 7.05 Å². The van der Waals surface area contributed by atoms with E-state index >= 15 is 0 Å². The Morgan fingerprint density at radius 2 is 1.88 bits per heavy atom. The number of rotatable bonds is 6. The lowest BCUT2D eigenvalue weighted by atomic mass is 9.90. The second kappa shape index (κ2) is 7.03. The van der Waals surface area contributed by atoms with E-state index in [-0.39, 0.29) is 0 Å². The molecule has 2 heteroatoms. The molecule has 1 aromatic carbocycles. The lowest BCUT2D eigenvalue weighted by molar-refractivity contribution is 0.366. The highest BCUT2D eigenvalue weighted by Crippen LogP contribution is 2.26. The van der Waals surface area contributed by atoms with Gasteiger partial charge < -0.3 is 5.32 Å². The summed E-state index contributed by atoms with van der Waals surface area (Å²) in [6.07, 6.45) is 2.44. The molecule has 2 unspecified atom stereocenters. The van der Waals surface area contributed by atoms with Crippen LogP contribution in [0.3, 0.4) is 0 Å². The Balaban J connectivity index is 2.65. The summed E-state index contributed by atoms with van der Waals surface area (Å²) in [6, 6.07) is 8.56. The van der Waals surface area contributed by atoms with E-state index in [2.05, 4.69) is 38.2 Å². The van der Waals surface area contributed by atoms with Crippen LogP contribution in [0.25, 0.3) is 0 Å². The minimum atomic E-state index is 0.405. The first-order valence-electron chi connectivity index (χ1n) is 6.45. The molecule has 1 nitrogen and oxygen atoms in total. The van der Waals surface area contributed by atoms with Gasteiger partial charge in [-0.1, -0.05) is 44.5 Å². The zero-order valence-corrected chi connectivity index (χ0v) is 12.1. The van der Waals surface area contributed by atoms with Crippen LogP contribution in [0.1, 0.15) is 45.2 Å². The van der Waals surface area contributed by atoms with Crippen molar-refractivity contribution in [2.75, 3.05) is 7.05 Å². The van der Waals surface area contributed by atoms with Gasteiger partial charge in [-0.2, -0.15) is 0 Å². The van der Waals surface area contributed by atoms with Crippen molar-refractivity contribution >= 4 is 11.6 Å². The number of nitrogens with one attached hydrogen (secondary N) is 1. The van der Waals surface area contributed by atoms with Crippen molar-refractivity contribution in [1.82, 2.24) is 5.32 Å². The summed E-state index contributed by atoms with van der Waals surface area (Å²) in [5.41, 5.74) is 1.29. The highest BCUT2D eigenvalue weighted by molar-refractivity contribution is 6.30. The van der Waals surface area contributed by atoms with Gasteiger partial charge in [-0.3, -0.25) is 0 Å². The Labute approximate surface area is 111 Å². The van der Waals surface area contributed by atoms with E-state index < -0.39 is 0 Å². The fourth-order valence-electron chi connectivity index (χ4n) is 2.45. The molecule has 96 valence electrons.